The summed E-state index contributed by atoms with van der Waals surface area (Å²) in [4.78, 5) is 25.3. The van der Waals surface area contributed by atoms with Crippen LogP contribution in [0.15, 0.2) is 9.64 Å². The van der Waals surface area contributed by atoms with Crippen LogP contribution in [0.5, 0.6) is 0 Å². The van der Waals surface area contributed by atoms with Crippen molar-refractivity contribution in [3.63, 3.8) is 0 Å². The van der Waals surface area contributed by atoms with Crippen LogP contribution in [0, 0.1) is 0 Å². The smallest absolute Gasteiger partial charge is 0.277 e. The van der Waals surface area contributed by atoms with Gasteiger partial charge in [-0.05, 0) is 27.4 Å². The summed E-state index contributed by atoms with van der Waals surface area (Å²) >= 11 is 1.15. The van der Waals surface area contributed by atoms with Gasteiger partial charge in [0, 0.05) is 6.54 Å². The van der Waals surface area contributed by atoms with Crippen LogP contribution in [0.3, 0.4) is 0 Å². The average Bonchev–Trinajstić information content (AvgIpc) is 2.89. The van der Waals surface area contributed by atoms with Crippen molar-refractivity contribution in [3.8, 4) is 0 Å². The Morgan fingerprint density at radius 1 is 1.36 bits per heavy atom. The van der Waals surface area contributed by atoms with Gasteiger partial charge in [0.2, 0.25) is 17.7 Å². The monoisotopic (exact) mass is 329 g/mol. The fourth-order valence-electron chi connectivity index (χ4n) is 1.51. The van der Waals surface area contributed by atoms with E-state index in [1.165, 1.54) is 0 Å². The number of aromatic nitrogens is 2. The number of thioether (sulfide) groups is 1. The van der Waals surface area contributed by atoms with Crippen molar-refractivity contribution in [3.05, 3.63) is 5.89 Å². The first-order valence-corrected chi connectivity index (χ1v) is 8.08. The highest BCUT2D eigenvalue weighted by Gasteiger charge is 2.16. The standard InChI is InChI=1S/C13H23N5O3S/c1-5-6-14-12(20)9(2)15-10(19)8-22-13-17-16-11(21-13)7-18(3)4/h9H,5-8H2,1-4H3,(H,14,20)(H,15,19)/t9-/m1/s1. The van der Waals surface area contributed by atoms with Gasteiger partial charge in [0.05, 0.1) is 12.3 Å². The van der Waals surface area contributed by atoms with Crippen LogP contribution < -0.4 is 10.6 Å². The normalized spacial score (nSPS) is 12.2. The lowest BCUT2D eigenvalue weighted by Gasteiger charge is -2.13. The first kappa shape index (κ1) is 18.4. The zero-order valence-electron chi connectivity index (χ0n) is 13.4. The molecule has 0 spiro atoms. The van der Waals surface area contributed by atoms with Crippen molar-refractivity contribution in [2.45, 2.75) is 38.1 Å². The second kappa shape index (κ2) is 9.42. The van der Waals surface area contributed by atoms with Gasteiger partial charge in [-0.3, -0.25) is 9.59 Å². The summed E-state index contributed by atoms with van der Waals surface area (Å²) in [5.74, 6) is 0.178. The van der Waals surface area contributed by atoms with Gasteiger partial charge in [0.1, 0.15) is 6.04 Å². The molecule has 0 aliphatic heterocycles. The highest BCUT2D eigenvalue weighted by atomic mass is 32.2. The number of nitrogens with one attached hydrogen (secondary N) is 2. The largest absolute Gasteiger partial charge is 0.415 e. The Hall–Kier alpha value is -1.61. The van der Waals surface area contributed by atoms with Crippen LogP contribution in [-0.2, 0) is 16.1 Å². The van der Waals surface area contributed by atoms with E-state index in [4.69, 9.17) is 4.42 Å². The van der Waals surface area contributed by atoms with Crippen molar-refractivity contribution in [2.75, 3.05) is 26.4 Å². The lowest BCUT2D eigenvalue weighted by Crippen LogP contribution is -2.45. The van der Waals surface area contributed by atoms with Crippen LogP contribution in [0.4, 0.5) is 0 Å². The molecule has 1 rings (SSSR count). The van der Waals surface area contributed by atoms with Crippen molar-refractivity contribution >= 4 is 23.6 Å². The number of rotatable bonds is 9. The molecule has 1 aromatic rings. The molecule has 0 radical (unpaired) electrons. The molecule has 0 saturated heterocycles. The first-order chi connectivity index (χ1) is 10.4. The van der Waals surface area contributed by atoms with E-state index in [2.05, 4.69) is 20.8 Å². The van der Waals surface area contributed by atoms with Gasteiger partial charge < -0.3 is 20.0 Å². The molecular weight excluding hydrogens is 306 g/mol. The van der Waals surface area contributed by atoms with Crippen LogP contribution in [-0.4, -0.2) is 59.3 Å². The molecule has 22 heavy (non-hydrogen) atoms. The van der Waals surface area contributed by atoms with E-state index in [0.717, 1.165) is 18.2 Å². The Bertz CT molecular complexity index is 492. The Kier molecular flexibility index (Phi) is 7.89. The maximum Gasteiger partial charge on any atom is 0.277 e. The summed E-state index contributed by atoms with van der Waals surface area (Å²) in [5.41, 5.74) is 0. The molecule has 1 atom stereocenters. The summed E-state index contributed by atoms with van der Waals surface area (Å²) in [6.07, 6.45) is 0.856. The van der Waals surface area contributed by atoms with Crippen LogP contribution in [0.2, 0.25) is 0 Å². The summed E-state index contributed by atoms with van der Waals surface area (Å²) in [7, 11) is 3.80. The maximum atomic E-state index is 11.8. The van der Waals surface area contributed by atoms with Gasteiger partial charge in [-0.15, -0.1) is 10.2 Å². The van der Waals surface area contributed by atoms with E-state index in [0.29, 0.717) is 24.2 Å². The predicted octanol–water partition coefficient (Wildman–Crippen LogP) is 0.254. The third-order valence-electron chi connectivity index (χ3n) is 2.55. The molecule has 0 aliphatic rings. The Labute approximate surface area is 134 Å². The number of nitrogens with zero attached hydrogens (tertiary/aromatic N) is 3. The zero-order chi connectivity index (χ0) is 16.5. The summed E-state index contributed by atoms with van der Waals surface area (Å²) in [5, 5.41) is 13.4. The van der Waals surface area contributed by atoms with Crippen LogP contribution in [0.1, 0.15) is 26.2 Å². The minimum Gasteiger partial charge on any atom is -0.415 e. The van der Waals surface area contributed by atoms with Crippen molar-refractivity contribution in [1.29, 1.82) is 0 Å². The lowest BCUT2D eigenvalue weighted by atomic mass is 10.3. The topological polar surface area (TPSA) is 100 Å². The van der Waals surface area contributed by atoms with Crippen molar-refractivity contribution in [1.82, 2.24) is 25.7 Å². The molecular formula is C13H23N5O3S. The van der Waals surface area contributed by atoms with Crippen molar-refractivity contribution in [2.24, 2.45) is 0 Å². The van der Waals surface area contributed by atoms with E-state index >= 15 is 0 Å². The van der Waals surface area contributed by atoms with E-state index < -0.39 is 6.04 Å². The Morgan fingerprint density at radius 2 is 2.09 bits per heavy atom. The summed E-state index contributed by atoms with van der Waals surface area (Å²) < 4.78 is 5.39. The van der Waals surface area contributed by atoms with Gasteiger partial charge in [0.25, 0.3) is 5.22 Å². The Morgan fingerprint density at radius 3 is 2.73 bits per heavy atom. The number of carbonyl (C=O) groups is 2. The molecule has 0 bridgehead atoms. The minimum absolute atomic E-state index is 0.120. The van der Waals surface area contributed by atoms with Gasteiger partial charge in [0.15, 0.2) is 0 Å². The summed E-state index contributed by atoms with van der Waals surface area (Å²) in [6, 6.07) is -0.563. The first-order valence-electron chi connectivity index (χ1n) is 7.09. The molecule has 0 saturated carbocycles. The second-order valence-corrected chi connectivity index (χ2v) is 5.99. The molecule has 8 nitrogen and oxygen atoms in total. The van der Waals surface area contributed by atoms with Crippen LogP contribution >= 0.6 is 11.8 Å². The molecule has 124 valence electrons. The van der Waals surface area contributed by atoms with E-state index in [-0.39, 0.29) is 17.6 Å². The quantitative estimate of drug-likeness (QED) is 0.627. The SMILES string of the molecule is CCCNC(=O)[C@@H](C)NC(=O)CSc1nnc(CN(C)C)o1. The second-order valence-electron chi connectivity index (χ2n) is 5.07. The number of hydrogen-bond donors (Lipinski definition) is 2. The number of hydrogen-bond acceptors (Lipinski definition) is 7. The molecule has 2 N–H and O–H groups in total. The van der Waals surface area contributed by atoms with E-state index in [9.17, 15) is 9.59 Å². The van der Waals surface area contributed by atoms with Gasteiger partial charge >= 0.3 is 0 Å². The lowest BCUT2D eigenvalue weighted by molar-refractivity contribution is -0.127. The summed E-state index contributed by atoms with van der Waals surface area (Å²) in [6.45, 7) is 4.77. The molecule has 1 aromatic heterocycles. The number of carbonyl (C=O) groups excluding carboxylic acids is 2. The molecule has 0 unspecified atom stereocenters. The van der Waals surface area contributed by atoms with Gasteiger partial charge in [-0.2, -0.15) is 0 Å². The fraction of sp³-hybridized carbons (Fsp3) is 0.692. The average molecular weight is 329 g/mol. The van der Waals surface area contributed by atoms with E-state index in [1.54, 1.807) is 6.92 Å². The highest BCUT2D eigenvalue weighted by molar-refractivity contribution is 7.99. The highest BCUT2D eigenvalue weighted by Crippen LogP contribution is 2.16. The third-order valence-corrected chi connectivity index (χ3v) is 3.37. The fourth-order valence-corrected chi connectivity index (χ4v) is 2.10. The van der Waals surface area contributed by atoms with Gasteiger partial charge in [-0.1, -0.05) is 18.7 Å². The van der Waals surface area contributed by atoms with Crippen molar-refractivity contribution < 1.29 is 14.0 Å². The molecule has 0 aliphatic carbocycles. The molecule has 1 heterocycles. The van der Waals surface area contributed by atoms with E-state index in [1.807, 2.05) is 25.9 Å². The maximum absolute atomic E-state index is 11.8. The zero-order valence-corrected chi connectivity index (χ0v) is 14.2. The minimum atomic E-state index is -0.563. The molecule has 0 fully saturated rings. The number of amides is 2. The molecule has 2 amide bonds. The molecule has 0 aromatic carbocycles. The van der Waals surface area contributed by atoms with Gasteiger partial charge in [-0.25, -0.2) is 0 Å². The third kappa shape index (κ3) is 6.90. The predicted molar refractivity (Wildman–Crippen MR) is 83.3 cm³/mol. The Balaban J connectivity index is 2.33. The van der Waals surface area contributed by atoms with Crippen LogP contribution in [0.25, 0.3) is 0 Å². The molecule has 9 heteroatoms.